The molecule has 0 radical (unpaired) electrons. The molecule has 2 heterocycles. The Kier molecular flexibility index (Phi) is 6.18. The van der Waals surface area contributed by atoms with Gasteiger partial charge in [0.2, 0.25) is 0 Å². The van der Waals surface area contributed by atoms with Crippen LogP contribution < -0.4 is 24.3 Å². The van der Waals surface area contributed by atoms with Gasteiger partial charge in [-0.15, -0.1) is 0 Å². The highest BCUT2D eigenvalue weighted by Gasteiger charge is 2.12. The number of thiazole rings is 1. The fourth-order valence-electron chi connectivity index (χ4n) is 3.69. The van der Waals surface area contributed by atoms with Crippen LogP contribution in [-0.2, 0) is 0 Å². The average Bonchev–Trinajstić information content (AvgIpc) is 3.38. The summed E-state index contributed by atoms with van der Waals surface area (Å²) in [6.45, 7) is 3.12. The second-order valence-corrected chi connectivity index (χ2v) is 9.09. The van der Waals surface area contributed by atoms with Crippen molar-refractivity contribution in [2.24, 2.45) is 5.92 Å². The predicted octanol–water partition coefficient (Wildman–Crippen LogP) is 4.56. The summed E-state index contributed by atoms with van der Waals surface area (Å²) in [5.41, 5.74) is 2.44. The van der Waals surface area contributed by atoms with Crippen LogP contribution >= 0.6 is 11.3 Å². The molecule has 0 fully saturated rings. The molecule has 0 N–H and O–H groups in total. The highest BCUT2D eigenvalue weighted by atomic mass is 32.1. The lowest BCUT2D eigenvalue weighted by Crippen LogP contribution is -2.22. The van der Waals surface area contributed by atoms with Gasteiger partial charge in [-0.05, 0) is 48.0 Å². The third-order valence-corrected chi connectivity index (χ3v) is 6.40. The van der Waals surface area contributed by atoms with Crippen molar-refractivity contribution in [1.29, 1.82) is 0 Å². The maximum atomic E-state index is 13.0. The van der Waals surface area contributed by atoms with E-state index >= 15 is 0 Å². The molecule has 0 spiro atoms. The molecule has 5 rings (SSSR count). The SMILES string of the molecule is COc1cc(C=c2sc3nc4ccccc4n3c2=O)ccc1OCC(C)COc1ccccc1. The first-order chi connectivity index (χ1) is 16.6. The van der Waals surface area contributed by atoms with Gasteiger partial charge in [0.15, 0.2) is 16.5 Å². The number of imidazole rings is 1. The maximum absolute atomic E-state index is 13.0. The van der Waals surface area contributed by atoms with Gasteiger partial charge in [0.25, 0.3) is 5.56 Å². The number of methoxy groups -OCH3 is 1. The van der Waals surface area contributed by atoms with Crippen molar-refractivity contribution in [3.05, 3.63) is 93.2 Å². The Balaban J connectivity index is 1.32. The molecule has 172 valence electrons. The number of hydrogen-bond donors (Lipinski definition) is 0. The Morgan fingerprint density at radius 3 is 2.56 bits per heavy atom. The van der Waals surface area contributed by atoms with Gasteiger partial charge in [0.05, 0.1) is 35.9 Å². The largest absolute Gasteiger partial charge is 0.493 e. The Morgan fingerprint density at radius 2 is 1.74 bits per heavy atom. The molecule has 2 aromatic heterocycles. The minimum atomic E-state index is -0.0692. The van der Waals surface area contributed by atoms with Crippen LogP contribution in [-0.4, -0.2) is 29.7 Å². The van der Waals surface area contributed by atoms with Crippen LogP contribution in [0.15, 0.2) is 77.6 Å². The van der Waals surface area contributed by atoms with E-state index in [1.807, 2.05) is 78.9 Å². The van der Waals surface area contributed by atoms with Gasteiger partial charge in [0.1, 0.15) is 5.75 Å². The molecule has 0 aliphatic carbocycles. The average molecular weight is 473 g/mol. The molecule has 0 bridgehead atoms. The smallest absolute Gasteiger partial charge is 0.274 e. The number of rotatable bonds is 8. The molecular weight excluding hydrogens is 448 g/mol. The fourth-order valence-corrected chi connectivity index (χ4v) is 4.68. The first-order valence-corrected chi connectivity index (χ1v) is 11.8. The summed E-state index contributed by atoms with van der Waals surface area (Å²) in [4.78, 5) is 18.3. The van der Waals surface area contributed by atoms with Gasteiger partial charge < -0.3 is 14.2 Å². The number of ether oxygens (including phenoxy) is 3. The van der Waals surface area contributed by atoms with Crippen LogP contribution in [0.3, 0.4) is 0 Å². The van der Waals surface area contributed by atoms with E-state index in [2.05, 4.69) is 11.9 Å². The van der Waals surface area contributed by atoms with E-state index in [1.54, 1.807) is 11.5 Å². The van der Waals surface area contributed by atoms with Gasteiger partial charge in [-0.3, -0.25) is 4.79 Å². The molecule has 1 unspecified atom stereocenters. The van der Waals surface area contributed by atoms with E-state index in [1.165, 1.54) is 11.3 Å². The summed E-state index contributed by atoms with van der Waals surface area (Å²) >= 11 is 1.38. The zero-order valence-electron chi connectivity index (χ0n) is 18.9. The molecule has 7 heteroatoms. The molecule has 0 amide bonds. The van der Waals surface area contributed by atoms with Crippen molar-refractivity contribution in [3.63, 3.8) is 0 Å². The topological polar surface area (TPSA) is 62.1 Å². The van der Waals surface area contributed by atoms with E-state index < -0.39 is 0 Å². The summed E-state index contributed by atoms with van der Waals surface area (Å²) < 4.78 is 19.6. The summed E-state index contributed by atoms with van der Waals surface area (Å²) in [5.74, 6) is 2.31. The van der Waals surface area contributed by atoms with E-state index in [4.69, 9.17) is 14.2 Å². The van der Waals surface area contributed by atoms with E-state index in [9.17, 15) is 4.79 Å². The zero-order chi connectivity index (χ0) is 23.5. The standard InChI is InChI=1S/C27H24N2O4S/c1-18(16-32-20-8-4-3-5-9-20)17-33-23-13-12-19(14-24(23)31-2)15-25-26(30)29-22-11-7-6-10-21(22)28-27(29)34-25/h3-15,18H,16-17H2,1-2H3. The first kappa shape index (κ1) is 22.0. The molecular formula is C27H24N2O4S. The zero-order valence-corrected chi connectivity index (χ0v) is 19.7. The van der Waals surface area contributed by atoms with Crippen LogP contribution in [0.4, 0.5) is 0 Å². The molecule has 6 nitrogen and oxygen atoms in total. The Morgan fingerprint density at radius 1 is 0.971 bits per heavy atom. The van der Waals surface area contributed by atoms with Crippen LogP contribution in [0.2, 0.25) is 0 Å². The van der Waals surface area contributed by atoms with Gasteiger partial charge in [0, 0.05) is 5.92 Å². The van der Waals surface area contributed by atoms with E-state index in [-0.39, 0.29) is 11.5 Å². The Labute approximate surface area is 200 Å². The number of fused-ring (bicyclic) bond motifs is 3. The molecule has 0 aliphatic heterocycles. The third-order valence-electron chi connectivity index (χ3n) is 5.43. The Bertz CT molecular complexity index is 1540. The fraction of sp³-hybridized carbons (Fsp3) is 0.185. The summed E-state index contributed by atoms with van der Waals surface area (Å²) in [5, 5.41) is 0. The molecule has 0 aliphatic rings. The lowest BCUT2D eigenvalue weighted by atomic mass is 10.2. The minimum Gasteiger partial charge on any atom is -0.493 e. The molecule has 34 heavy (non-hydrogen) atoms. The van der Waals surface area contributed by atoms with Crippen molar-refractivity contribution in [3.8, 4) is 17.2 Å². The molecule has 0 saturated carbocycles. The van der Waals surface area contributed by atoms with E-state index in [0.717, 1.165) is 22.3 Å². The Hall–Kier alpha value is -3.84. The van der Waals surface area contributed by atoms with Crippen molar-refractivity contribution in [2.45, 2.75) is 6.92 Å². The van der Waals surface area contributed by atoms with Crippen molar-refractivity contribution >= 4 is 33.4 Å². The van der Waals surface area contributed by atoms with Crippen LogP contribution in [0, 0.1) is 5.92 Å². The second-order valence-electron chi connectivity index (χ2n) is 8.08. The molecule has 3 aromatic carbocycles. The van der Waals surface area contributed by atoms with Crippen LogP contribution in [0.5, 0.6) is 17.2 Å². The number of para-hydroxylation sites is 3. The van der Waals surface area contributed by atoms with E-state index in [0.29, 0.717) is 34.2 Å². The van der Waals surface area contributed by atoms with Gasteiger partial charge >= 0.3 is 0 Å². The lowest BCUT2D eigenvalue weighted by molar-refractivity contribution is 0.184. The lowest BCUT2D eigenvalue weighted by Gasteiger charge is -2.16. The first-order valence-electron chi connectivity index (χ1n) is 11.0. The maximum Gasteiger partial charge on any atom is 0.274 e. The molecule has 0 saturated heterocycles. The number of aromatic nitrogens is 2. The second kappa shape index (κ2) is 9.57. The summed E-state index contributed by atoms with van der Waals surface area (Å²) in [6.07, 6.45) is 1.86. The highest BCUT2D eigenvalue weighted by molar-refractivity contribution is 7.15. The van der Waals surface area contributed by atoms with Gasteiger partial charge in [-0.25, -0.2) is 9.38 Å². The van der Waals surface area contributed by atoms with Crippen LogP contribution in [0.25, 0.3) is 22.1 Å². The number of hydrogen-bond acceptors (Lipinski definition) is 6. The van der Waals surface area contributed by atoms with Crippen molar-refractivity contribution in [1.82, 2.24) is 9.38 Å². The predicted molar refractivity (Wildman–Crippen MR) is 135 cm³/mol. The third kappa shape index (κ3) is 4.47. The number of benzene rings is 3. The summed E-state index contributed by atoms with van der Waals surface area (Å²) in [7, 11) is 1.61. The number of nitrogens with zero attached hydrogens (tertiary/aromatic N) is 2. The summed E-state index contributed by atoms with van der Waals surface area (Å²) in [6, 6.07) is 23.1. The molecule has 1 atom stereocenters. The van der Waals surface area contributed by atoms with Gasteiger partial charge in [-0.1, -0.05) is 54.7 Å². The highest BCUT2D eigenvalue weighted by Crippen LogP contribution is 2.29. The van der Waals surface area contributed by atoms with Crippen LogP contribution in [0.1, 0.15) is 12.5 Å². The van der Waals surface area contributed by atoms with Gasteiger partial charge in [-0.2, -0.15) is 0 Å². The quantitative estimate of drug-likeness (QED) is 0.331. The normalized spacial score (nSPS) is 12.8. The van der Waals surface area contributed by atoms with Crippen molar-refractivity contribution in [2.75, 3.05) is 20.3 Å². The monoisotopic (exact) mass is 472 g/mol. The van der Waals surface area contributed by atoms with Crippen molar-refractivity contribution < 1.29 is 14.2 Å². The minimum absolute atomic E-state index is 0.0692. The molecule has 5 aromatic rings.